The third kappa shape index (κ3) is 3.27. The molecule has 0 aromatic carbocycles. The minimum Gasteiger partial charge on any atom is -0.448 e. The minimum absolute atomic E-state index is 0.0973. The van der Waals surface area contributed by atoms with Crippen LogP contribution in [0.5, 0.6) is 0 Å². The monoisotopic (exact) mass is 272 g/mol. The van der Waals surface area contributed by atoms with Crippen molar-refractivity contribution in [3.05, 3.63) is 27.1 Å². The predicted molar refractivity (Wildman–Crippen MR) is 64.5 cm³/mol. The Morgan fingerprint density at radius 1 is 1.44 bits per heavy atom. The van der Waals surface area contributed by atoms with E-state index in [1.807, 2.05) is 0 Å². The Morgan fingerprint density at radius 2 is 2.06 bits per heavy atom. The number of rotatable bonds is 4. The van der Waals surface area contributed by atoms with Crippen LogP contribution in [0.2, 0.25) is 0 Å². The van der Waals surface area contributed by atoms with Gasteiger partial charge in [-0.3, -0.25) is 14.9 Å². The van der Waals surface area contributed by atoms with Gasteiger partial charge in [-0.15, -0.1) is 0 Å². The molecular formula is C10H12N2O5S. The molecule has 1 rings (SSSR count). The second-order valence-corrected chi connectivity index (χ2v) is 4.74. The van der Waals surface area contributed by atoms with E-state index in [1.165, 1.54) is 24.0 Å². The Bertz CT molecular complexity index is 482. The average molecular weight is 272 g/mol. The normalized spacial score (nSPS) is 11.7. The van der Waals surface area contributed by atoms with E-state index in [9.17, 15) is 19.7 Å². The van der Waals surface area contributed by atoms with Gasteiger partial charge in [0.2, 0.25) is 0 Å². The van der Waals surface area contributed by atoms with Crippen molar-refractivity contribution >= 4 is 28.2 Å². The average Bonchev–Trinajstić information content (AvgIpc) is 2.76. The Morgan fingerprint density at radius 3 is 2.50 bits per heavy atom. The van der Waals surface area contributed by atoms with E-state index in [4.69, 9.17) is 4.74 Å². The van der Waals surface area contributed by atoms with Crippen molar-refractivity contribution in [2.75, 3.05) is 14.1 Å². The number of carbonyl (C=O) groups excluding carboxylic acids is 2. The van der Waals surface area contributed by atoms with E-state index in [2.05, 4.69) is 0 Å². The van der Waals surface area contributed by atoms with Crippen molar-refractivity contribution in [2.45, 2.75) is 13.0 Å². The number of likely N-dealkylation sites (N-methyl/N-ethyl adjacent to an activating group) is 1. The Labute approximate surface area is 107 Å². The predicted octanol–water partition coefficient (Wildman–Crippen LogP) is 1.29. The number of nitrogens with zero attached hydrogens (tertiary/aromatic N) is 2. The Kier molecular flexibility index (Phi) is 4.38. The molecule has 18 heavy (non-hydrogen) atoms. The van der Waals surface area contributed by atoms with Crippen molar-refractivity contribution in [1.29, 1.82) is 0 Å². The highest BCUT2D eigenvalue weighted by molar-refractivity contribution is 7.17. The largest absolute Gasteiger partial charge is 0.448 e. The molecule has 1 aromatic heterocycles. The number of amides is 1. The van der Waals surface area contributed by atoms with E-state index in [-0.39, 0.29) is 15.8 Å². The lowest BCUT2D eigenvalue weighted by Crippen LogP contribution is -2.34. The lowest BCUT2D eigenvalue weighted by atomic mass is 10.3. The van der Waals surface area contributed by atoms with Gasteiger partial charge in [0, 0.05) is 20.2 Å². The van der Waals surface area contributed by atoms with E-state index in [1.54, 1.807) is 14.1 Å². The van der Waals surface area contributed by atoms with Gasteiger partial charge in [-0.1, -0.05) is 11.3 Å². The van der Waals surface area contributed by atoms with Crippen LogP contribution in [-0.2, 0) is 9.53 Å². The van der Waals surface area contributed by atoms with Crippen LogP contribution in [-0.4, -0.2) is 41.9 Å². The minimum atomic E-state index is -0.923. The third-order valence-electron chi connectivity index (χ3n) is 2.05. The molecule has 0 radical (unpaired) electrons. The zero-order valence-electron chi connectivity index (χ0n) is 10.1. The first-order chi connectivity index (χ1) is 8.32. The van der Waals surface area contributed by atoms with Gasteiger partial charge in [-0.2, -0.15) is 0 Å². The zero-order chi connectivity index (χ0) is 13.9. The molecule has 0 bridgehead atoms. The van der Waals surface area contributed by atoms with Crippen molar-refractivity contribution in [1.82, 2.24) is 4.90 Å². The molecule has 1 heterocycles. The smallest absolute Gasteiger partial charge is 0.349 e. The summed E-state index contributed by atoms with van der Waals surface area (Å²) in [6.45, 7) is 1.45. The van der Waals surface area contributed by atoms with Crippen molar-refractivity contribution in [2.24, 2.45) is 0 Å². The van der Waals surface area contributed by atoms with Gasteiger partial charge in [-0.05, 0) is 13.0 Å². The Hall–Kier alpha value is -1.96. The van der Waals surface area contributed by atoms with Crippen LogP contribution in [0.3, 0.4) is 0 Å². The summed E-state index contributed by atoms with van der Waals surface area (Å²) in [5, 5.41) is 10.3. The molecule has 0 aliphatic rings. The summed E-state index contributed by atoms with van der Waals surface area (Å²) in [4.78, 5) is 34.3. The first-order valence-electron chi connectivity index (χ1n) is 4.99. The summed E-state index contributed by atoms with van der Waals surface area (Å²) in [5.74, 6) is -1.09. The summed E-state index contributed by atoms with van der Waals surface area (Å²) >= 11 is 0.713. The summed E-state index contributed by atoms with van der Waals surface area (Å²) in [5.41, 5.74) is 0. The first-order valence-corrected chi connectivity index (χ1v) is 5.81. The topological polar surface area (TPSA) is 89.7 Å². The number of hydrogen-bond acceptors (Lipinski definition) is 6. The first kappa shape index (κ1) is 14.1. The van der Waals surface area contributed by atoms with Gasteiger partial charge in [0.05, 0.1) is 4.92 Å². The van der Waals surface area contributed by atoms with Crippen LogP contribution >= 0.6 is 11.3 Å². The van der Waals surface area contributed by atoms with Crippen LogP contribution in [0.25, 0.3) is 0 Å². The third-order valence-corrected chi connectivity index (χ3v) is 3.06. The van der Waals surface area contributed by atoms with Gasteiger partial charge in [0.15, 0.2) is 6.10 Å². The maximum Gasteiger partial charge on any atom is 0.349 e. The number of thiophene rings is 1. The van der Waals surface area contributed by atoms with Crippen LogP contribution in [0.15, 0.2) is 12.1 Å². The molecule has 0 unspecified atom stereocenters. The molecule has 1 amide bonds. The highest BCUT2D eigenvalue weighted by Gasteiger charge is 2.22. The van der Waals surface area contributed by atoms with Crippen LogP contribution in [0, 0.1) is 10.1 Å². The van der Waals surface area contributed by atoms with Crippen molar-refractivity contribution in [3.8, 4) is 0 Å². The van der Waals surface area contributed by atoms with E-state index >= 15 is 0 Å². The Balaban J connectivity index is 2.70. The molecule has 0 saturated heterocycles. The highest BCUT2D eigenvalue weighted by Crippen LogP contribution is 2.24. The SMILES string of the molecule is C[C@H](OC(=O)c1ccc([N+](=O)[O-])s1)C(=O)N(C)C. The molecule has 0 fully saturated rings. The molecule has 0 aliphatic carbocycles. The molecule has 0 saturated carbocycles. The molecule has 98 valence electrons. The number of esters is 1. The molecular weight excluding hydrogens is 260 g/mol. The second kappa shape index (κ2) is 5.58. The molecule has 0 aliphatic heterocycles. The fraction of sp³-hybridized carbons (Fsp3) is 0.400. The van der Waals surface area contributed by atoms with E-state index in [0.717, 1.165) is 0 Å². The standard InChI is InChI=1S/C10H12N2O5S/c1-6(9(13)11(2)3)17-10(14)7-4-5-8(18-7)12(15)16/h4-6H,1-3H3/t6-/m0/s1. The van der Waals surface area contributed by atoms with Crippen LogP contribution in [0.4, 0.5) is 5.00 Å². The summed E-state index contributed by atoms with van der Waals surface area (Å²) in [6, 6.07) is 2.53. The molecule has 1 atom stereocenters. The van der Waals surface area contributed by atoms with E-state index < -0.39 is 17.0 Å². The molecule has 7 nitrogen and oxygen atoms in total. The molecule has 0 N–H and O–H groups in total. The molecule has 8 heteroatoms. The maximum absolute atomic E-state index is 11.6. The van der Waals surface area contributed by atoms with Gasteiger partial charge in [0.1, 0.15) is 4.88 Å². The molecule has 1 aromatic rings. The maximum atomic E-state index is 11.6. The van der Waals surface area contributed by atoms with Gasteiger partial charge in [0.25, 0.3) is 5.91 Å². The van der Waals surface area contributed by atoms with Crippen molar-refractivity contribution in [3.63, 3.8) is 0 Å². The second-order valence-electron chi connectivity index (χ2n) is 3.68. The van der Waals surface area contributed by atoms with Crippen LogP contribution < -0.4 is 0 Å². The summed E-state index contributed by atoms with van der Waals surface area (Å²) in [7, 11) is 3.09. The van der Waals surface area contributed by atoms with Gasteiger partial charge >= 0.3 is 11.0 Å². The number of ether oxygens (including phenoxy) is 1. The lowest BCUT2D eigenvalue weighted by Gasteiger charge is -2.16. The number of nitro groups is 1. The number of hydrogen-bond donors (Lipinski definition) is 0. The summed E-state index contributed by atoms with van der Waals surface area (Å²) in [6.07, 6.45) is -0.923. The van der Waals surface area contributed by atoms with Gasteiger partial charge < -0.3 is 9.64 Å². The zero-order valence-corrected chi connectivity index (χ0v) is 10.9. The fourth-order valence-electron chi connectivity index (χ4n) is 1.17. The van der Waals surface area contributed by atoms with E-state index in [0.29, 0.717) is 11.3 Å². The van der Waals surface area contributed by atoms with Gasteiger partial charge in [-0.25, -0.2) is 4.79 Å². The fourth-order valence-corrected chi connectivity index (χ4v) is 1.87. The molecule has 0 spiro atoms. The highest BCUT2D eigenvalue weighted by atomic mass is 32.1. The quantitative estimate of drug-likeness (QED) is 0.468. The lowest BCUT2D eigenvalue weighted by molar-refractivity contribution is -0.380. The van der Waals surface area contributed by atoms with Crippen molar-refractivity contribution < 1.29 is 19.2 Å². The summed E-state index contributed by atoms with van der Waals surface area (Å²) < 4.78 is 4.91. The number of carbonyl (C=O) groups is 2. The van der Waals surface area contributed by atoms with Crippen LogP contribution in [0.1, 0.15) is 16.6 Å².